The van der Waals surface area contributed by atoms with E-state index in [1.807, 2.05) is 6.92 Å². The first kappa shape index (κ1) is 12.5. The van der Waals surface area contributed by atoms with Gasteiger partial charge in [0.25, 0.3) is 0 Å². The van der Waals surface area contributed by atoms with Crippen LogP contribution in [0.3, 0.4) is 0 Å². The van der Waals surface area contributed by atoms with E-state index in [1.165, 1.54) is 12.1 Å². The van der Waals surface area contributed by atoms with Gasteiger partial charge in [-0.1, -0.05) is 18.6 Å². The molecule has 1 aliphatic carbocycles. The summed E-state index contributed by atoms with van der Waals surface area (Å²) in [5.41, 5.74) is 5.81. The second-order valence-electron chi connectivity index (χ2n) is 5.42. The van der Waals surface area contributed by atoms with Gasteiger partial charge in [0.1, 0.15) is 5.82 Å². The van der Waals surface area contributed by atoms with E-state index >= 15 is 0 Å². The third-order valence-electron chi connectivity index (χ3n) is 4.31. The minimum atomic E-state index is -0.808. The van der Waals surface area contributed by atoms with Crippen molar-refractivity contribution in [2.75, 3.05) is 6.54 Å². The molecule has 94 valence electrons. The zero-order valence-electron chi connectivity index (χ0n) is 10.2. The fourth-order valence-corrected chi connectivity index (χ4v) is 2.75. The average Bonchev–Trinajstić information content (AvgIpc) is 2.20. The Morgan fingerprint density at radius 1 is 1.35 bits per heavy atom. The molecule has 1 saturated carbocycles. The van der Waals surface area contributed by atoms with Gasteiger partial charge in [0.15, 0.2) is 0 Å². The van der Waals surface area contributed by atoms with Crippen LogP contribution in [0, 0.1) is 11.2 Å². The molecule has 0 radical (unpaired) electrons. The Hall–Kier alpha value is -0.930. The Kier molecular flexibility index (Phi) is 3.23. The van der Waals surface area contributed by atoms with Crippen molar-refractivity contribution in [3.8, 4) is 0 Å². The third-order valence-corrected chi connectivity index (χ3v) is 4.31. The number of hydrogen-bond donors (Lipinski definition) is 2. The Balaban J connectivity index is 2.13. The maximum Gasteiger partial charge on any atom is 0.123 e. The zero-order chi connectivity index (χ0) is 12.5. The topological polar surface area (TPSA) is 46.2 Å². The van der Waals surface area contributed by atoms with Crippen LogP contribution in [0.1, 0.15) is 31.7 Å². The Bertz CT molecular complexity index is 376. The maximum atomic E-state index is 12.8. The first-order valence-corrected chi connectivity index (χ1v) is 6.16. The fraction of sp³-hybridized carbons (Fsp3) is 0.571. The van der Waals surface area contributed by atoms with Crippen molar-refractivity contribution in [3.05, 3.63) is 35.6 Å². The van der Waals surface area contributed by atoms with E-state index in [1.54, 1.807) is 12.1 Å². The molecule has 0 bridgehead atoms. The molecular weight excluding hydrogens is 217 g/mol. The highest BCUT2D eigenvalue weighted by molar-refractivity contribution is 5.20. The molecule has 0 aromatic heterocycles. The van der Waals surface area contributed by atoms with Crippen molar-refractivity contribution in [1.29, 1.82) is 0 Å². The predicted octanol–water partition coefficient (Wildman–Crippen LogP) is 2.25. The molecule has 2 nitrogen and oxygen atoms in total. The van der Waals surface area contributed by atoms with Gasteiger partial charge in [-0.15, -0.1) is 0 Å². The molecule has 1 atom stereocenters. The first-order valence-electron chi connectivity index (χ1n) is 6.16. The quantitative estimate of drug-likeness (QED) is 0.843. The van der Waals surface area contributed by atoms with Gasteiger partial charge in [-0.2, -0.15) is 0 Å². The minimum Gasteiger partial charge on any atom is -0.389 e. The first-order chi connectivity index (χ1) is 7.99. The summed E-state index contributed by atoms with van der Waals surface area (Å²) in [5.74, 6) is -0.245. The van der Waals surface area contributed by atoms with Gasteiger partial charge >= 0.3 is 0 Å². The number of nitrogens with two attached hydrogens (primary N) is 1. The van der Waals surface area contributed by atoms with Crippen LogP contribution in [-0.4, -0.2) is 17.3 Å². The van der Waals surface area contributed by atoms with Crippen LogP contribution in [0.5, 0.6) is 0 Å². The highest BCUT2D eigenvalue weighted by Crippen LogP contribution is 2.49. The SMILES string of the molecule is CC(O)(Cc1ccc(F)cc1)C1(CN)CCC1. The molecule has 1 aromatic rings. The van der Waals surface area contributed by atoms with E-state index in [-0.39, 0.29) is 11.2 Å². The van der Waals surface area contributed by atoms with Gasteiger partial charge in [-0.25, -0.2) is 4.39 Å². The molecule has 17 heavy (non-hydrogen) atoms. The van der Waals surface area contributed by atoms with Crippen LogP contribution in [0.25, 0.3) is 0 Å². The van der Waals surface area contributed by atoms with Crippen molar-refractivity contribution < 1.29 is 9.50 Å². The summed E-state index contributed by atoms with van der Waals surface area (Å²) >= 11 is 0. The number of hydrogen-bond acceptors (Lipinski definition) is 2. The molecule has 0 aliphatic heterocycles. The lowest BCUT2D eigenvalue weighted by Gasteiger charge is -2.51. The summed E-state index contributed by atoms with van der Waals surface area (Å²) in [6, 6.07) is 6.32. The highest BCUT2D eigenvalue weighted by atomic mass is 19.1. The fourth-order valence-electron chi connectivity index (χ4n) is 2.75. The smallest absolute Gasteiger partial charge is 0.123 e. The van der Waals surface area contributed by atoms with Gasteiger partial charge < -0.3 is 10.8 Å². The van der Waals surface area contributed by atoms with E-state index in [0.29, 0.717) is 13.0 Å². The summed E-state index contributed by atoms with van der Waals surface area (Å²) in [6.45, 7) is 2.36. The molecule has 1 fully saturated rings. The van der Waals surface area contributed by atoms with E-state index in [0.717, 1.165) is 24.8 Å². The number of rotatable bonds is 4. The molecule has 0 saturated heterocycles. The molecule has 1 unspecified atom stereocenters. The lowest BCUT2D eigenvalue weighted by molar-refractivity contribution is -0.109. The molecule has 2 rings (SSSR count). The Labute approximate surface area is 102 Å². The van der Waals surface area contributed by atoms with Gasteiger partial charge in [0, 0.05) is 18.4 Å². The highest BCUT2D eigenvalue weighted by Gasteiger charge is 2.49. The van der Waals surface area contributed by atoms with Crippen molar-refractivity contribution in [3.63, 3.8) is 0 Å². The van der Waals surface area contributed by atoms with Crippen molar-refractivity contribution >= 4 is 0 Å². The van der Waals surface area contributed by atoms with Crippen molar-refractivity contribution in [2.45, 2.75) is 38.2 Å². The third kappa shape index (κ3) is 2.22. The maximum absolute atomic E-state index is 12.8. The molecule has 1 aliphatic rings. The summed E-state index contributed by atoms with van der Waals surface area (Å²) < 4.78 is 12.8. The molecule has 0 spiro atoms. The van der Waals surface area contributed by atoms with E-state index in [9.17, 15) is 9.50 Å². The van der Waals surface area contributed by atoms with Gasteiger partial charge in [-0.3, -0.25) is 0 Å². The van der Waals surface area contributed by atoms with E-state index < -0.39 is 5.60 Å². The summed E-state index contributed by atoms with van der Waals surface area (Å²) in [7, 11) is 0. The summed E-state index contributed by atoms with van der Waals surface area (Å²) in [5, 5.41) is 10.6. The van der Waals surface area contributed by atoms with Crippen molar-refractivity contribution in [1.82, 2.24) is 0 Å². The van der Waals surface area contributed by atoms with Crippen LogP contribution in [0.2, 0.25) is 0 Å². The molecular formula is C14H20FNO. The lowest BCUT2D eigenvalue weighted by Crippen LogP contribution is -2.56. The van der Waals surface area contributed by atoms with Crippen LogP contribution < -0.4 is 5.73 Å². The number of halogens is 1. The molecule has 0 heterocycles. The zero-order valence-corrected chi connectivity index (χ0v) is 10.2. The van der Waals surface area contributed by atoms with Crippen LogP contribution in [-0.2, 0) is 6.42 Å². The summed E-state index contributed by atoms with van der Waals surface area (Å²) in [6.07, 6.45) is 3.64. The second kappa shape index (κ2) is 4.39. The molecule has 3 heteroatoms. The number of benzene rings is 1. The van der Waals surface area contributed by atoms with Crippen LogP contribution in [0.15, 0.2) is 24.3 Å². The normalized spacial score (nSPS) is 21.6. The monoisotopic (exact) mass is 237 g/mol. The van der Waals surface area contributed by atoms with Gasteiger partial charge in [0.2, 0.25) is 0 Å². The molecule has 0 amide bonds. The molecule has 3 N–H and O–H groups in total. The van der Waals surface area contributed by atoms with Gasteiger partial charge in [-0.05, 0) is 37.5 Å². The van der Waals surface area contributed by atoms with Crippen LogP contribution in [0.4, 0.5) is 4.39 Å². The second-order valence-corrected chi connectivity index (χ2v) is 5.42. The minimum absolute atomic E-state index is 0.151. The number of aliphatic hydroxyl groups is 1. The van der Waals surface area contributed by atoms with Crippen LogP contribution >= 0.6 is 0 Å². The standard InChI is InChI=1S/C14H20FNO/c1-13(17,14(10-16)7-2-8-14)9-11-3-5-12(15)6-4-11/h3-6,17H,2,7-10,16H2,1H3. The average molecular weight is 237 g/mol. The predicted molar refractivity (Wildman–Crippen MR) is 66.1 cm³/mol. The lowest BCUT2D eigenvalue weighted by atomic mass is 9.58. The van der Waals surface area contributed by atoms with E-state index in [2.05, 4.69) is 0 Å². The molecule has 1 aromatic carbocycles. The largest absolute Gasteiger partial charge is 0.389 e. The summed E-state index contributed by atoms with van der Waals surface area (Å²) in [4.78, 5) is 0. The van der Waals surface area contributed by atoms with E-state index in [4.69, 9.17) is 5.73 Å². The van der Waals surface area contributed by atoms with Crippen molar-refractivity contribution in [2.24, 2.45) is 11.1 Å². The Morgan fingerprint density at radius 3 is 2.35 bits per heavy atom. The Morgan fingerprint density at radius 2 is 1.94 bits per heavy atom. The van der Waals surface area contributed by atoms with Gasteiger partial charge in [0.05, 0.1) is 5.60 Å².